The van der Waals surface area contributed by atoms with Gasteiger partial charge in [-0.3, -0.25) is 9.59 Å². The summed E-state index contributed by atoms with van der Waals surface area (Å²) in [4.78, 5) is 26.3. The maximum absolute atomic E-state index is 14.2. The molecule has 9 atom stereocenters. The molecule has 4 aliphatic carbocycles. The second kappa shape index (κ2) is 9.04. The number of nitrogen functional groups attached to an aromatic ring is 1. The molecule has 7 heteroatoms. The van der Waals surface area contributed by atoms with E-state index in [2.05, 4.69) is 20.8 Å². The average Bonchev–Trinajstić information content (AvgIpc) is 3.36. The van der Waals surface area contributed by atoms with E-state index in [9.17, 15) is 14.7 Å². The highest BCUT2D eigenvalue weighted by Crippen LogP contribution is 2.69. The first-order valence-electron chi connectivity index (χ1n) is 14.1. The first-order chi connectivity index (χ1) is 18.1. The molecule has 0 aromatic heterocycles. The van der Waals surface area contributed by atoms with Gasteiger partial charge in [0.1, 0.15) is 12.4 Å². The van der Waals surface area contributed by atoms with Gasteiger partial charge in [0.25, 0.3) is 0 Å². The number of carbonyl (C=O) groups is 2. The molecule has 1 saturated heterocycles. The van der Waals surface area contributed by atoms with Crippen LogP contribution in [0.5, 0.6) is 5.75 Å². The summed E-state index contributed by atoms with van der Waals surface area (Å²) in [5.41, 5.74) is 5.41. The monoisotopic (exact) mass is 521 g/mol. The summed E-state index contributed by atoms with van der Waals surface area (Å²) >= 11 is 0. The minimum Gasteiger partial charge on any atom is -0.486 e. The molecule has 1 heterocycles. The lowest BCUT2D eigenvalue weighted by molar-refractivity contribution is -0.200. The van der Waals surface area contributed by atoms with Crippen LogP contribution in [0.3, 0.4) is 0 Å². The lowest BCUT2D eigenvalue weighted by Gasteiger charge is -2.59. The molecule has 0 amide bonds. The second-order valence-electron chi connectivity index (χ2n) is 12.4. The number of ketones is 2. The number of anilines is 1. The van der Waals surface area contributed by atoms with E-state index in [-0.39, 0.29) is 47.4 Å². The third-order valence-electron chi connectivity index (χ3n) is 10.5. The fourth-order valence-electron chi connectivity index (χ4n) is 8.83. The van der Waals surface area contributed by atoms with Crippen molar-refractivity contribution in [2.45, 2.75) is 83.4 Å². The predicted molar refractivity (Wildman–Crippen MR) is 142 cm³/mol. The predicted octanol–water partition coefficient (Wildman–Crippen LogP) is 4.39. The molecular formula is C31H39NO6. The molecular weight excluding hydrogens is 482 g/mol. The first kappa shape index (κ1) is 25.8. The van der Waals surface area contributed by atoms with Crippen molar-refractivity contribution >= 4 is 17.3 Å². The van der Waals surface area contributed by atoms with Crippen LogP contribution in [0.2, 0.25) is 0 Å². The van der Waals surface area contributed by atoms with Gasteiger partial charge in [0, 0.05) is 22.4 Å². The number of benzene rings is 1. The van der Waals surface area contributed by atoms with E-state index < -0.39 is 23.4 Å². The number of nitrogens with two attached hydrogens (primary N) is 1. The average molecular weight is 522 g/mol. The smallest absolute Gasteiger partial charge is 0.205 e. The van der Waals surface area contributed by atoms with Crippen LogP contribution in [0, 0.1) is 28.6 Å². The molecule has 4 fully saturated rings. The van der Waals surface area contributed by atoms with E-state index in [0.717, 1.165) is 31.3 Å². The van der Waals surface area contributed by atoms with Crippen LogP contribution in [0.1, 0.15) is 59.3 Å². The Hall–Kier alpha value is -2.48. The molecule has 0 bridgehead atoms. The van der Waals surface area contributed by atoms with Crippen LogP contribution >= 0.6 is 0 Å². The number of allylic oxidation sites excluding steroid dienone is 4. The summed E-state index contributed by atoms with van der Waals surface area (Å²) in [7, 11) is 0. The Labute approximate surface area is 224 Å². The highest BCUT2D eigenvalue weighted by molar-refractivity contribution is 6.01. The number of carbonyl (C=O) groups excluding carboxylic acids is 2. The molecule has 0 spiro atoms. The number of ether oxygens (including phenoxy) is 3. The van der Waals surface area contributed by atoms with Gasteiger partial charge in [0.05, 0.1) is 12.2 Å². The quantitative estimate of drug-likeness (QED) is 0.535. The summed E-state index contributed by atoms with van der Waals surface area (Å²) in [6.45, 7) is 6.23. The maximum Gasteiger partial charge on any atom is 0.205 e. The molecule has 38 heavy (non-hydrogen) atoms. The van der Waals surface area contributed by atoms with Gasteiger partial charge < -0.3 is 25.1 Å². The molecule has 1 aromatic carbocycles. The van der Waals surface area contributed by atoms with Crippen molar-refractivity contribution in [1.29, 1.82) is 0 Å². The molecule has 3 saturated carbocycles. The van der Waals surface area contributed by atoms with Crippen molar-refractivity contribution in [3.8, 4) is 5.75 Å². The summed E-state index contributed by atoms with van der Waals surface area (Å²) in [5.74, 6) is 0.789. The Morgan fingerprint density at radius 3 is 2.74 bits per heavy atom. The molecule has 6 rings (SSSR count). The largest absolute Gasteiger partial charge is 0.486 e. The van der Waals surface area contributed by atoms with Gasteiger partial charge in [0.2, 0.25) is 5.78 Å². The van der Waals surface area contributed by atoms with Crippen molar-refractivity contribution in [1.82, 2.24) is 0 Å². The van der Waals surface area contributed by atoms with Crippen LogP contribution in [0.25, 0.3) is 0 Å². The van der Waals surface area contributed by atoms with Crippen molar-refractivity contribution in [2.75, 3.05) is 12.3 Å². The highest BCUT2D eigenvalue weighted by atomic mass is 16.7. The number of fused-ring (bicyclic) bond motifs is 7. The number of hydrogen-bond donors (Lipinski definition) is 2. The fraction of sp³-hybridized carbons (Fsp3) is 0.613. The number of hydrogen-bond acceptors (Lipinski definition) is 7. The zero-order chi connectivity index (χ0) is 26.9. The molecule has 1 aromatic rings. The van der Waals surface area contributed by atoms with E-state index in [1.165, 1.54) is 0 Å². The zero-order valence-corrected chi connectivity index (χ0v) is 22.5. The number of aliphatic hydroxyl groups is 1. The molecule has 204 valence electrons. The Balaban J connectivity index is 1.34. The third-order valence-corrected chi connectivity index (χ3v) is 10.5. The highest BCUT2D eigenvalue weighted by Gasteiger charge is 2.75. The summed E-state index contributed by atoms with van der Waals surface area (Å²) in [6, 6.07) is 7.01. The van der Waals surface area contributed by atoms with Crippen LogP contribution in [-0.4, -0.2) is 47.4 Å². The first-order valence-corrected chi connectivity index (χ1v) is 14.1. The summed E-state index contributed by atoms with van der Waals surface area (Å²) in [6.07, 6.45) is 8.42. The molecule has 1 aliphatic heterocycles. The number of rotatable bonds is 6. The van der Waals surface area contributed by atoms with Gasteiger partial charge in [-0.15, -0.1) is 0 Å². The lowest BCUT2D eigenvalue weighted by atomic mass is 9.46. The molecule has 0 unspecified atom stereocenters. The van der Waals surface area contributed by atoms with Gasteiger partial charge in [0.15, 0.2) is 17.7 Å². The van der Waals surface area contributed by atoms with Crippen LogP contribution in [0.4, 0.5) is 5.69 Å². The fourth-order valence-corrected chi connectivity index (χ4v) is 8.83. The summed E-state index contributed by atoms with van der Waals surface area (Å²) in [5, 5.41) is 11.8. The second-order valence-corrected chi connectivity index (χ2v) is 12.4. The number of aliphatic hydroxyl groups excluding tert-OH is 1. The van der Waals surface area contributed by atoms with Crippen LogP contribution in [0.15, 0.2) is 48.1 Å². The SMILES string of the molecule is CCC[C@H]1O[C@@H]2C[C@H]3[C@@H]4CCC5=CC(=O)C=C[C@]5(C)[C@H]4[C@@H](O)C[C@]3(C)[C@]2(C(=O)COc2ccc(N)cc2)O1. The topological polar surface area (TPSA) is 108 Å². The lowest BCUT2D eigenvalue weighted by Crippen LogP contribution is -2.63. The van der Waals surface area contributed by atoms with Crippen molar-refractivity contribution in [3.05, 3.63) is 48.1 Å². The zero-order valence-electron chi connectivity index (χ0n) is 22.5. The van der Waals surface area contributed by atoms with Crippen molar-refractivity contribution < 1.29 is 28.9 Å². The molecule has 0 radical (unpaired) electrons. The van der Waals surface area contributed by atoms with Gasteiger partial charge in [-0.1, -0.05) is 38.8 Å². The molecule has 5 aliphatic rings. The Kier molecular flexibility index (Phi) is 6.13. The Bertz CT molecular complexity index is 1190. The van der Waals surface area contributed by atoms with E-state index in [0.29, 0.717) is 24.3 Å². The van der Waals surface area contributed by atoms with Crippen molar-refractivity contribution in [3.63, 3.8) is 0 Å². The van der Waals surface area contributed by atoms with E-state index >= 15 is 0 Å². The standard InChI is InChI=1S/C31H39NO6/c1-4-5-27-37-26-15-23-22-11-6-18-14-20(33)12-13-29(18,2)28(22)24(34)16-30(23,3)31(26,38-27)25(35)17-36-21-9-7-19(32)8-10-21/h7-10,12-14,22-24,26-28,34H,4-6,11,15-17,32H2,1-3H3/t22-,23-,24-,26+,27-,28+,29-,30-,31+/m0/s1. The number of Topliss-reactive ketones (excluding diaryl/α,β-unsaturated/α-hetero) is 1. The Morgan fingerprint density at radius 2 is 2.00 bits per heavy atom. The minimum absolute atomic E-state index is 0.0200. The minimum atomic E-state index is -1.17. The van der Waals surface area contributed by atoms with Gasteiger partial charge in [-0.2, -0.15) is 0 Å². The summed E-state index contributed by atoms with van der Waals surface area (Å²) < 4.78 is 19.1. The van der Waals surface area contributed by atoms with Gasteiger partial charge in [-0.05, 0) is 80.4 Å². The maximum atomic E-state index is 14.2. The Morgan fingerprint density at radius 1 is 1.24 bits per heavy atom. The normalized spacial score (nSPS) is 43.1. The van der Waals surface area contributed by atoms with E-state index in [1.54, 1.807) is 36.4 Å². The van der Waals surface area contributed by atoms with Gasteiger partial charge >= 0.3 is 0 Å². The third kappa shape index (κ3) is 3.58. The molecule has 7 nitrogen and oxygen atoms in total. The van der Waals surface area contributed by atoms with Crippen molar-refractivity contribution in [2.24, 2.45) is 28.6 Å². The van der Waals surface area contributed by atoms with E-state index in [1.807, 2.05) is 6.08 Å². The van der Waals surface area contributed by atoms with Crippen LogP contribution < -0.4 is 10.5 Å². The molecule has 3 N–H and O–H groups in total. The van der Waals surface area contributed by atoms with Crippen LogP contribution in [-0.2, 0) is 19.1 Å². The van der Waals surface area contributed by atoms with Gasteiger partial charge in [-0.25, -0.2) is 0 Å². The van der Waals surface area contributed by atoms with E-state index in [4.69, 9.17) is 19.9 Å².